The Morgan fingerprint density at radius 3 is 2.86 bits per heavy atom. The molecule has 0 aliphatic heterocycles. The predicted molar refractivity (Wildman–Crippen MR) is 78.4 cm³/mol. The first kappa shape index (κ1) is 15.4. The van der Waals surface area contributed by atoms with Crippen molar-refractivity contribution in [2.75, 3.05) is 26.0 Å². The van der Waals surface area contributed by atoms with Crippen LogP contribution in [-0.4, -0.2) is 41.7 Å². The molecule has 0 atom stereocenters. The lowest BCUT2D eigenvalue weighted by molar-refractivity contribution is 0.300. The molecule has 0 bridgehead atoms. The van der Waals surface area contributed by atoms with Gasteiger partial charge in [0.1, 0.15) is 11.5 Å². The summed E-state index contributed by atoms with van der Waals surface area (Å²) in [5.74, 6) is -0.490. The third-order valence-corrected chi connectivity index (χ3v) is 3.07. The smallest absolute Gasteiger partial charge is 0.172 e. The van der Waals surface area contributed by atoms with E-state index >= 15 is 0 Å². The minimum Gasteiger partial charge on any atom is -0.339 e. The molecule has 21 heavy (non-hydrogen) atoms. The zero-order valence-electron chi connectivity index (χ0n) is 11.7. The van der Waals surface area contributed by atoms with E-state index in [0.717, 1.165) is 6.54 Å². The topological polar surface area (TPSA) is 78.0 Å². The molecule has 2 rings (SSSR count). The second-order valence-electron chi connectivity index (χ2n) is 4.74. The molecule has 1 aromatic carbocycles. The standard InChI is InChI=1S/C13H15ClFN5O/c1-20(2)6-5-11-12(19-21-18-11)13(16)17-8-3-4-10(15)9(14)7-8/h3-4,7H,5-6H2,1-2H3,(H2,16,17). The molecular weight excluding hydrogens is 297 g/mol. The summed E-state index contributed by atoms with van der Waals surface area (Å²) in [7, 11) is 3.88. The van der Waals surface area contributed by atoms with Crippen LogP contribution in [0.5, 0.6) is 0 Å². The van der Waals surface area contributed by atoms with Crippen molar-refractivity contribution in [1.82, 2.24) is 15.2 Å². The van der Waals surface area contributed by atoms with E-state index in [1.165, 1.54) is 18.2 Å². The van der Waals surface area contributed by atoms with Crippen LogP contribution >= 0.6 is 11.6 Å². The van der Waals surface area contributed by atoms with Crippen molar-refractivity contribution in [2.45, 2.75) is 6.42 Å². The molecule has 0 aliphatic carbocycles. The third kappa shape index (κ3) is 3.99. The number of hydrogen-bond donors (Lipinski definition) is 2. The van der Waals surface area contributed by atoms with Gasteiger partial charge in [0.25, 0.3) is 0 Å². The Bertz CT molecular complexity index is 643. The second kappa shape index (κ2) is 6.64. The summed E-state index contributed by atoms with van der Waals surface area (Å²) >= 11 is 5.70. The highest BCUT2D eigenvalue weighted by Gasteiger charge is 2.15. The van der Waals surface area contributed by atoms with Gasteiger partial charge in [-0.3, -0.25) is 5.41 Å². The summed E-state index contributed by atoms with van der Waals surface area (Å²) in [6.45, 7) is 0.761. The van der Waals surface area contributed by atoms with Crippen molar-refractivity contribution in [3.63, 3.8) is 0 Å². The molecule has 0 unspecified atom stereocenters. The number of benzene rings is 1. The second-order valence-corrected chi connectivity index (χ2v) is 5.15. The van der Waals surface area contributed by atoms with Crippen LogP contribution in [0.4, 0.5) is 10.1 Å². The van der Waals surface area contributed by atoms with E-state index in [1.54, 1.807) is 0 Å². The molecule has 6 nitrogen and oxygen atoms in total. The number of aromatic nitrogens is 2. The quantitative estimate of drug-likeness (QED) is 0.655. The molecule has 8 heteroatoms. The Hall–Kier alpha value is -1.99. The van der Waals surface area contributed by atoms with Crippen LogP contribution in [0.15, 0.2) is 22.8 Å². The van der Waals surface area contributed by atoms with Crippen LogP contribution < -0.4 is 5.32 Å². The fraction of sp³-hybridized carbons (Fsp3) is 0.308. The molecule has 2 aromatic rings. The maximum Gasteiger partial charge on any atom is 0.172 e. The van der Waals surface area contributed by atoms with Crippen molar-refractivity contribution in [3.05, 3.63) is 40.4 Å². The number of anilines is 1. The van der Waals surface area contributed by atoms with Crippen LogP contribution in [0.2, 0.25) is 5.02 Å². The Morgan fingerprint density at radius 1 is 1.43 bits per heavy atom. The predicted octanol–water partition coefficient (Wildman–Crippen LogP) is 2.40. The van der Waals surface area contributed by atoms with Crippen LogP contribution in [0.25, 0.3) is 0 Å². The highest BCUT2D eigenvalue weighted by Crippen LogP contribution is 2.20. The number of likely N-dealkylation sites (N-methyl/N-ethyl adjacent to an activating group) is 1. The SMILES string of the molecule is CN(C)CCc1nonc1C(=N)Nc1ccc(F)c(Cl)c1. The van der Waals surface area contributed by atoms with Gasteiger partial charge in [0.2, 0.25) is 0 Å². The first-order valence-corrected chi connectivity index (χ1v) is 6.62. The number of nitrogens with one attached hydrogen (secondary N) is 2. The van der Waals surface area contributed by atoms with E-state index in [1.807, 2.05) is 19.0 Å². The minimum absolute atomic E-state index is 0.0149. The molecule has 0 aliphatic rings. The zero-order valence-corrected chi connectivity index (χ0v) is 12.4. The first-order valence-electron chi connectivity index (χ1n) is 6.24. The largest absolute Gasteiger partial charge is 0.339 e. The highest BCUT2D eigenvalue weighted by atomic mass is 35.5. The lowest BCUT2D eigenvalue weighted by atomic mass is 10.2. The maximum absolute atomic E-state index is 13.1. The van der Waals surface area contributed by atoms with E-state index in [4.69, 9.17) is 21.6 Å². The van der Waals surface area contributed by atoms with Gasteiger partial charge in [-0.15, -0.1) is 0 Å². The summed E-state index contributed by atoms with van der Waals surface area (Å²) in [4.78, 5) is 2.00. The number of hydrogen-bond acceptors (Lipinski definition) is 5. The number of amidine groups is 1. The third-order valence-electron chi connectivity index (χ3n) is 2.78. The molecule has 0 saturated heterocycles. The molecule has 0 spiro atoms. The number of halogens is 2. The van der Waals surface area contributed by atoms with E-state index < -0.39 is 5.82 Å². The van der Waals surface area contributed by atoms with Gasteiger partial charge in [0.05, 0.1) is 5.02 Å². The van der Waals surface area contributed by atoms with E-state index in [-0.39, 0.29) is 10.9 Å². The minimum atomic E-state index is -0.511. The van der Waals surface area contributed by atoms with Gasteiger partial charge < -0.3 is 10.2 Å². The normalized spacial score (nSPS) is 10.9. The molecule has 0 saturated carbocycles. The Kier molecular flexibility index (Phi) is 4.87. The molecule has 0 fully saturated rings. The summed E-state index contributed by atoms with van der Waals surface area (Å²) in [6.07, 6.45) is 0.611. The molecule has 112 valence electrons. The number of nitrogens with zero attached hydrogens (tertiary/aromatic N) is 3. The summed E-state index contributed by atoms with van der Waals surface area (Å²) in [6, 6.07) is 4.12. The van der Waals surface area contributed by atoms with Crippen LogP contribution in [0, 0.1) is 11.2 Å². The highest BCUT2D eigenvalue weighted by molar-refractivity contribution is 6.31. The van der Waals surface area contributed by atoms with Crippen molar-refractivity contribution < 1.29 is 9.02 Å². The van der Waals surface area contributed by atoms with Crippen molar-refractivity contribution in [3.8, 4) is 0 Å². The summed E-state index contributed by atoms with van der Waals surface area (Å²) in [5.41, 5.74) is 1.42. The Morgan fingerprint density at radius 2 is 2.19 bits per heavy atom. The Balaban J connectivity index is 2.09. The van der Waals surface area contributed by atoms with Gasteiger partial charge >= 0.3 is 0 Å². The van der Waals surface area contributed by atoms with Gasteiger partial charge in [0.15, 0.2) is 11.5 Å². The van der Waals surface area contributed by atoms with E-state index in [0.29, 0.717) is 23.5 Å². The lowest BCUT2D eigenvalue weighted by Crippen LogP contribution is -2.19. The summed E-state index contributed by atoms with van der Waals surface area (Å²) in [5, 5.41) is 18.3. The zero-order chi connectivity index (χ0) is 15.4. The van der Waals surface area contributed by atoms with Gasteiger partial charge in [-0.25, -0.2) is 9.02 Å². The van der Waals surface area contributed by atoms with Crippen LogP contribution in [0.3, 0.4) is 0 Å². The van der Waals surface area contributed by atoms with Crippen molar-refractivity contribution in [1.29, 1.82) is 5.41 Å². The Labute approximate surface area is 126 Å². The lowest BCUT2D eigenvalue weighted by Gasteiger charge is -2.09. The monoisotopic (exact) mass is 311 g/mol. The molecule has 0 radical (unpaired) electrons. The van der Waals surface area contributed by atoms with Crippen molar-refractivity contribution >= 4 is 23.1 Å². The van der Waals surface area contributed by atoms with Crippen LogP contribution in [-0.2, 0) is 6.42 Å². The molecular formula is C13H15ClFN5O. The fourth-order valence-corrected chi connectivity index (χ4v) is 1.85. The van der Waals surface area contributed by atoms with Gasteiger partial charge in [-0.1, -0.05) is 16.8 Å². The van der Waals surface area contributed by atoms with E-state index in [9.17, 15) is 4.39 Å². The number of rotatable bonds is 5. The average molecular weight is 312 g/mol. The van der Waals surface area contributed by atoms with Gasteiger partial charge in [-0.2, -0.15) is 0 Å². The van der Waals surface area contributed by atoms with Crippen molar-refractivity contribution in [2.24, 2.45) is 0 Å². The van der Waals surface area contributed by atoms with E-state index in [2.05, 4.69) is 15.6 Å². The first-order chi connectivity index (χ1) is 9.97. The van der Waals surface area contributed by atoms with Crippen LogP contribution in [0.1, 0.15) is 11.4 Å². The molecule has 0 amide bonds. The fourth-order valence-electron chi connectivity index (χ4n) is 1.67. The van der Waals surface area contributed by atoms with Gasteiger partial charge in [0, 0.05) is 18.7 Å². The molecule has 1 aromatic heterocycles. The average Bonchev–Trinajstić information content (AvgIpc) is 2.89. The van der Waals surface area contributed by atoms with Gasteiger partial charge in [-0.05, 0) is 37.5 Å². The molecule has 1 heterocycles. The summed E-state index contributed by atoms with van der Waals surface area (Å²) < 4.78 is 17.8. The maximum atomic E-state index is 13.1. The molecule has 2 N–H and O–H groups in total.